The van der Waals surface area contributed by atoms with Crippen LogP contribution in [0.2, 0.25) is 10.0 Å². The Morgan fingerprint density at radius 1 is 1.12 bits per heavy atom. The van der Waals surface area contributed by atoms with Gasteiger partial charge in [-0.15, -0.1) is 0 Å². The molecule has 2 amide bonds. The van der Waals surface area contributed by atoms with Crippen LogP contribution in [0.1, 0.15) is 34.8 Å². The predicted molar refractivity (Wildman–Crippen MR) is 107 cm³/mol. The molecule has 0 aliphatic heterocycles. The van der Waals surface area contributed by atoms with Crippen LogP contribution in [0, 0.1) is 13.8 Å². The summed E-state index contributed by atoms with van der Waals surface area (Å²) in [5, 5.41) is 3.59. The number of rotatable bonds is 6. The fourth-order valence-electron chi connectivity index (χ4n) is 2.63. The molecular formula is C20H22Cl2N2O2. The second kappa shape index (κ2) is 9.06. The summed E-state index contributed by atoms with van der Waals surface area (Å²) in [6.07, 6.45) is 0.752. The summed E-state index contributed by atoms with van der Waals surface area (Å²) in [5.74, 6) is -0.471. The molecule has 0 heterocycles. The molecule has 0 atom stereocenters. The Morgan fingerprint density at radius 3 is 2.54 bits per heavy atom. The number of halogens is 2. The third-order valence-electron chi connectivity index (χ3n) is 4.15. The van der Waals surface area contributed by atoms with Crippen molar-refractivity contribution < 1.29 is 9.59 Å². The number of hydrogen-bond acceptors (Lipinski definition) is 2. The van der Waals surface area contributed by atoms with Gasteiger partial charge in [-0.3, -0.25) is 9.59 Å². The molecule has 0 saturated carbocycles. The maximum absolute atomic E-state index is 12.9. The van der Waals surface area contributed by atoms with E-state index in [4.69, 9.17) is 23.2 Å². The van der Waals surface area contributed by atoms with E-state index in [-0.39, 0.29) is 18.4 Å². The van der Waals surface area contributed by atoms with Gasteiger partial charge in [-0.2, -0.15) is 0 Å². The molecule has 2 rings (SSSR count). The summed E-state index contributed by atoms with van der Waals surface area (Å²) >= 11 is 12.0. The van der Waals surface area contributed by atoms with Crippen LogP contribution in [0.4, 0.5) is 5.69 Å². The van der Waals surface area contributed by atoms with Crippen LogP contribution in [0.3, 0.4) is 0 Å². The van der Waals surface area contributed by atoms with Gasteiger partial charge < -0.3 is 10.2 Å². The lowest BCUT2D eigenvalue weighted by atomic mass is 10.0. The van der Waals surface area contributed by atoms with E-state index in [9.17, 15) is 9.59 Å². The molecule has 1 N–H and O–H groups in total. The van der Waals surface area contributed by atoms with Crippen molar-refractivity contribution in [3.05, 3.63) is 63.1 Å². The van der Waals surface area contributed by atoms with Gasteiger partial charge in [0.25, 0.3) is 5.91 Å². The Labute approximate surface area is 164 Å². The number of carbonyl (C=O) groups is 2. The normalized spacial score (nSPS) is 10.5. The third kappa shape index (κ3) is 4.99. The highest BCUT2D eigenvalue weighted by Crippen LogP contribution is 2.25. The third-order valence-corrected chi connectivity index (χ3v) is 4.72. The molecule has 0 saturated heterocycles. The summed E-state index contributed by atoms with van der Waals surface area (Å²) < 4.78 is 0. The van der Waals surface area contributed by atoms with E-state index in [1.807, 2.05) is 32.9 Å². The van der Waals surface area contributed by atoms with Gasteiger partial charge in [0.1, 0.15) is 6.54 Å². The zero-order chi connectivity index (χ0) is 19.3. The van der Waals surface area contributed by atoms with Crippen LogP contribution < -0.4 is 5.32 Å². The molecule has 6 heteroatoms. The average molecular weight is 393 g/mol. The van der Waals surface area contributed by atoms with Gasteiger partial charge in [0.15, 0.2) is 0 Å². The van der Waals surface area contributed by atoms with E-state index in [2.05, 4.69) is 5.32 Å². The van der Waals surface area contributed by atoms with E-state index in [0.717, 1.165) is 17.5 Å². The highest BCUT2D eigenvalue weighted by molar-refractivity contribution is 6.35. The van der Waals surface area contributed by atoms with Crippen molar-refractivity contribution in [2.45, 2.75) is 27.2 Å². The van der Waals surface area contributed by atoms with Crippen LogP contribution in [-0.2, 0) is 4.79 Å². The number of anilines is 1. The largest absolute Gasteiger partial charge is 0.329 e. The summed E-state index contributed by atoms with van der Waals surface area (Å²) in [7, 11) is 0. The summed E-state index contributed by atoms with van der Waals surface area (Å²) in [6.45, 7) is 6.28. The van der Waals surface area contributed by atoms with Crippen molar-refractivity contribution in [2.75, 3.05) is 18.4 Å². The molecule has 2 aromatic carbocycles. The van der Waals surface area contributed by atoms with E-state index < -0.39 is 0 Å². The molecule has 0 aliphatic carbocycles. The summed E-state index contributed by atoms with van der Waals surface area (Å²) in [6, 6.07) is 10.4. The van der Waals surface area contributed by atoms with Crippen molar-refractivity contribution in [1.29, 1.82) is 0 Å². The molecular weight excluding hydrogens is 371 g/mol. The van der Waals surface area contributed by atoms with Crippen LogP contribution in [-0.4, -0.2) is 29.8 Å². The quantitative estimate of drug-likeness (QED) is 0.742. The van der Waals surface area contributed by atoms with Crippen LogP contribution in [0.5, 0.6) is 0 Å². The van der Waals surface area contributed by atoms with E-state index in [1.54, 1.807) is 29.2 Å². The minimum Gasteiger partial charge on any atom is -0.329 e. The minimum atomic E-state index is -0.318. The first-order chi connectivity index (χ1) is 12.3. The van der Waals surface area contributed by atoms with Gasteiger partial charge in [-0.05, 0) is 55.7 Å². The summed E-state index contributed by atoms with van der Waals surface area (Å²) in [5.41, 5.74) is 3.02. The molecule has 0 aliphatic rings. The Hall–Kier alpha value is -2.04. The highest BCUT2D eigenvalue weighted by atomic mass is 35.5. The van der Waals surface area contributed by atoms with Gasteiger partial charge in [-0.1, -0.05) is 42.3 Å². The molecule has 0 spiro atoms. The topological polar surface area (TPSA) is 49.4 Å². The van der Waals surface area contributed by atoms with E-state index >= 15 is 0 Å². The number of amides is 2. The maximum atomic E-state index is 12.9. The molecule has 4 nitrogen and oxygen atoms in total. The Kier molecular flexibility index (Phi) is 7.06. The minimum absolute atomic E-state index is 0.0527. The first-order valence-electron chi connectivity index (χ1n) is 8.43. The van der Waals surface area contributed by atoms with Crippen molar-refractivity contribution >= 4 is 40.7 Å². The number of hydrogen-bond donors (Lipinski definition) is 1. The van der Waals surface area contributed by atoms with E-state index in [0.29, 0.717) is 27.8 Å². The zero-order valence-corrected chi connectivity index (χ0v) is 16.6. The van der Waals surface area contributed by atoms with Gasteiger partial charge in [0.05, 0.1) is 10.7 Å². The Bertz CT molecular complexity index is 821. The number of nitrogens with one attached hydrogen (secondary N) is 1. The summed E-state index contributed by atoms with van der Waals surface area (Å²) in [4.78, 5) is 26.9. The number of carbonyl (C=O) groups excluding carboxylic acids is 2. The molecule has 0 fully saturated rings. The lowest BCUT2D eigenvalue weighted by Gasteiger charge is -2.23. The van der Waals surface area contributed by atoms with Gasteiger partial charge >= 0.3 is 0 Å². The predicted octanol–water partition coefficient (Wildman–Crippen LogP) is 5.10. The van der Waals surface area contributed by atoms with Crippen LogP contribution in [0.25, 0.3) is 0 Å². The average Bonchev–Trinajstić information content (AvgIpc) is 2.59. The number of nitrogens with zero attached hydrogens (tertiary/aromatic N) is 1. The number of benzene rings is 2. The second-order valence-corrected chi connectivity index (χ2v) is 6.99. The van der Waals surface area contributed by atoms with Crippen molar-refractivity contribution in [2.24, 2.45) is 0 Å². The van der Waals surface area contributed by atoms with Gasteiger partial charge in [-0.25, -0.2) is 0 Å². The zero-order valence-electron chi connectivity index (χ0n) is 15.1. The SMILES string of the molecule is CCCN(CC(=O)Nc1cc(Cl)ccc1Cl)C(=O)c1cccc(C)c1C. The maximum Gasteiger partial charge on any atom is 0.254 e. The number of aryl methyl sites for hydroxylation is 1. The lowest BCUT2D eigenvalue weighted by Crippen LogP contribution is -2.39. The fourth-order valence-corrected chi connectivity index (χ4v) is 2.97. The lowest BCUT2D eigenvalue weighted by molar-refractivity contribution is -0.116. The van der Waals surface area contributed by atoms with E-state index in [1.165, 1.54) is 0 Å². The fraction of sp³-hybridized carbons (Fsp3) is 0.300. The highest BCUT2D eigenvalue weighted by Gasteiger charge is 2.20. The molecule has 2 aromatic rings. The smallest absolute Gasteiger partial charge is 0.254 e. The molecule has 0 radical (unpaired) electrons. The van der Waals surface area contributed by atoms with Crippen molar-refractivity contribution in [3.63, 3.8) is 0 Å². The second-order valence-electron chi connectivity index (χ2n) is 6.15. The van der Waals surface area contributed by atoms with Crippen LogP contribution >= 0.6 is 23.2 Å². The standard InChI is InChI=1S/C20H22Cl2N2O2/c1-4-10-24(20(26)16-7-5-6-13(2)14(16)3)12-19(25)23-18-11-15(21)8-9-17(18)22/h5-9,11H,4,10,12H2,1-3H3,(H,23,25). The monoisotopic (exact) mass is 392 g/mol. The first kappa shape index (κ1) is 20.3. The van der Waals surface area contributed by atoms with Crippen LogP contribution in [0.15, 0.2) is 36.4 Å². The van der Waals surface area contributed by atoms with Crippen molar-refractivity contribution in [1.82, 2.24) is 4.90 Å². The molecule has 26 heavy (non-hydrogen) atoms. The molecule has 138 valence electrons. The Morgan fingerprint density at radius 2 is 1.85 bits per heavy atom. The van der Waals surface area contributed by atoms with Gasteiger partial charge in [0.2, 0.25) is 5.91 Å². The molecule has 0 bridgehead atoms. The Balaban J connectivity index is 2.16. The van der Waals surface area contributed by atoms with Gasteiger partial charge in [0, 0.05) is 17.1 Å². The molecule has 0 unspecified atom stereocenters. The molecule has 0 aromatic heterocycles. The van der Waals surface area contributed by atoms with Crippen molar-refractivity contribution in [3.8, 4) is 0 Å². The first-order valence-corrected chi connectivity index (χ1v) is 9.19.